The van der Waals surface area contributed by atoms with Crippen LogP contribution >= 0.6 is 0 Å². The van der Waals surface area contributed by atoms with Gasteiger partial charge in [-0.2, -0.15) is 0 Å². The number of amides is 3. The molecular weight excluding hydrogens is 516 g/mol. The van der Waals surface area contributed by atoms with E-state index in [0.717, 1.165) is 43.0 Å². The van der Waals surface area contributed by atoms with Crippen molar-refractivity contribution in [2.24, 2.45) is 11.8 Å². The number of aromatic nitrogens is 3. The van der Waals surface area contributed by atoms with Gasteiger partial charge in [-0.15, -0.1) is 0 Å². The predicted octanol–water partition coefficient (Wildman–Crippen LogP) is 0.940. The second kappa shape index (κ2) is 10.3. The van der Waals surface area contributed by atoms with E-state index in [9.17, 15) is 24.0 Å². The highest BCUT2D eigenvalue weighted by molar-refractivity contribution is 6.38. The first-order chi connectivity index (χ1) is 19.3. The molecule has 1 saturated heterocycles. The van der Waals surface area contributed by atoms with Crippen LogP contribution in [0.15, 0.2) is 41.5 Å². The van der Waals surface area contributed by atoms with Gasteiger partial charge < -0.3 is 30.2 Å². The fraction of sp³-hybridized carbons (Fsp3) is 0.464. The Bertz CT molecular complexity index is 1530. The molecule has 40 heavy (non-hydrogen) atoms. The van der Waals surface area contributed by atoms with Gasteiger partial charge in [0, 0.05) is 35.9 Å². The van der Waals surface area contributed by atoms with Gasteiger partial charge in [0.15, 0.2) is 0 Å². The van der Waals surface area contributed by atoms with Crippen LogP contribution in [-0.4, -0.2) is 74.7 Å². The van der Waals surface area contributed by atoms with Crippen LogP contribution in [0.2, 0.25) is 0 Å². The second-order valence-corrected chi connectivity index (χ2v) is 11.0. The lowest BCUT2D eigenvalue weighted by Crippen LogP contribution is -2.56. The lowest BCUT2D eigenvalue weighted by molar-refractivity contribution is -0.140. The molecule has 1 aliphatic heterocycles. The molecule has 3 heterocycles. The van der Waals surface area contributed by atoms with Crippen molar-refractivity contribution in [3.63, 3.8) is 0 Å². The van der Waals surface area contributed by atoms with E-state index in [1.165, 1.54) is 17.0 Å². The zero-order valence-electron chi connectivity index (χ0n) is 22.1. The van der Waals surface area contributed by atoms with Crippen molar-refractivity contribution >= 4 is 34.4 Å². The number of likely N-dealkylation sites (tertiary alicyclic amines) is 1. The van der Waals surface area contributed by atoms with Crippen LogP contribution in [0.25, 0.3) is 10.9 Å². The Morgan fingerprint density at radius 3 is 2.70 bits per heavy atom. The molecule has 3 aromatic rings. The largest absolute Gasteiger partial charge is 0.496 e. The number of hydrogen-bond acceptors (Lipinski definition) is 6. The van der Waals surface area contributed by atoms with Gasteiger partial charge in [0.25, 0.3) is 11.8 Å². The molecule has 3 aliphatic rings. The highest BCUT2D eigenvalue weighted by atomic mass is 16.5. The average molecular weight is 549 g/mol. The molecule has 0 radical (unpaired) electrons. The molecular formula is C28H32N6O6. The minimum atomic E-state index is -1.27. The molecule has 3 fully saturated rings. The zero-order chi connectivity index (χ0) is 28.0. The number of Topliss-reactive ketones (excluding diaryl/α,β-unsaturated/α-hetero) is 1. The topological polar surface area (TPSA) is 158 Å². The van der Waals surface area contributed by atoms with E-state index in [0.29, 0.717) is 18.0 Å². The Labute approximate surface area is 229 Å². The highest BCUT2D eigenvalue weighted by Crippen LogP contribution is 2.43. The molecule has 12 heteroatoms. The maximum atomic E-state index is 13.9. The van der Waals surface area contributed by atoms with Crippen molar-refractivity contribution in [1.82, 2.24) is 30.1 Å². The molecule has 1 aromatic carbocycles. The van der Waals surface area contributed by atoms with E-state index >= 15 is 0 Å². The van der Waals surface area contributed by atoms with Crippen molar-refractivity contribution in [2.45, 2.75) is 56.8 Å². The summed E-state index contributed by atoms with van der Waals surface area (Å²) in [6.45, 7) is 0.216. The van der Waals surface area contributed by atoms with Crippen molar-refractivity contribution < 1.29 is 23.9 Å². The van der Waals surface area contributed by atoms with Crippen LogP contribution in [0.5, 0.6) is 5.75 Å². The summed E-state index contributed by atoms with van der Waals surface area (Å²) < 4.78 is 6.67. The van der Waals surface area contributed by atoms with Gasteiger partial charge in [-0.05, 0) is 55.7 Å². The molecule has 2 aromatic heterocycles. The Morgan fingerprint density at radius 2 is 1.98 bits per heavy atom. The molecule has 0 spiro atoms. The Morgan fingerprint density at radius 1 is 1.15 bits per heavy atom. The maximum absolute atomic E-state index is 13.9. The van der Waals surface area contributed by atoms with E-state index in [1.807, 2.05) is 18.2 Å². The fourth-order valence-electron chi connectivity index (χ4n) is 6.21. The summed E-state index contributed by atoms with van der Waals surface area (Å²) in [7, 11) is 1.56. The summed E-state index contributed by atoms with van der Waals surface area (Å²) in [5.41, 5.74) is 0.623. The molecule has 2 saturated carbocycles. The van der Waals surface area contributed by atoms with Crippen LogP contribution in [0, 0.1) is 11.8 Å². The second-order valence-electron chi connectivity index (χ2n) is 11.0. The predicted molar refractivity (Wildman–Crippen MR) is 144 cm³/mol. The Balaban J connectivity index is 1.27. The first-order valence-electron chi connectivity index (χ1n) is 13.7. The molecule has 4 N–H and O–H groups in total. The average Bonchev–Trinajstić information content (AvgIpc) is 3.30. The van der Waals surface area contributed by atoms with Crippen LogP contribution in [0.3, 0.4) is 0 Å². The normalized spacial score (nSPS) is 22.6. The smallest absolute Gasteiger partial charge is 0.325 e. The monoisotopic (exact) mass is 548 g/mol. The molecule has 4 atom stereocenters. The summed E-state index contributed by atoms with van der Waals surface area (Å²) in [5.74, 6) is -1.70. The molecule has 2 aliphatic carbocycles. The van der Waals surface area contributed by atoms with Crippen molar-refractivity contribution in [3.8, 4) is 5.75 Å². The standard InChI is InChI=1S/C28H32N6O6/c1-40-22-7-3-6-19-18(22)12-20(31-19)27(38)34-13-15-4-2-5-17(15)23(34)25(36)32-21(14-33-11-10-29-28(33)39)24(35)26(37)30-16-8-9-16/h3,6-7,10-12,15-17,21,23,31H,2,4-5,8-9,13-14H2,1H3,(H,29,39)(H,30,37)(H,32,36)/t15-,17-,21-,23-/m0/s1. The van der Waals surface area contributed by atoms with E-state index in [4.69, 9.17) is 4.74 Å². The van der Waals surface area contributed by atoms with Crippen molar-refractivity contribution in [1.29, 1.82) is 0 Å². The SMILES string of the molecule is COc1cccc2[nH]c(C(=O)N3C[C@@H]4CCC[C@@H]4[C@H]3C(=O)N[C@@H](Cn3cc[nH]c3=O)C(=O)C(=O)NC3CC3)cc12. The Kier molecular flexibility index (Phi) is 6.68. The maximum Gasteiger partial charge on any atom is 0.325 e. The summed E-state index contributed by atoms with van der Waals surface area (Å²) in [6, 6.07) is 5.10. The van der Waals surface area contributed by atoms with Gasteiger partial charge in [0.2, 0.25) is 11.7 Å². The summed E-state index contributed by atoms with van der Waals surface area (Å²) in [4.78, 5) is 72.9. The number of nitrogens with one attached hydrogen (secondary N) is 4. The fourth-order valence-corrected chi connectivity index (χ4v) is 6.21. The number of benzene rings is 1. The highest BCUT2D eigenvalue weighted by Gasteiger charge is 2.50. The number of carbonyl (C=O) groups excluding carboxylic acids is 4. The molecule has 0 bridgehead atoms. The lowest BCUT2D eigenvalue weighted by Gasteiger charge is -2.28. The lowest BCUT2D eigenvalue weighted by atomic mass is 9.93. The minimum absolute atomic E-state index is 0.0418. The molecule has 12 nitrogen and oxygen atoms in total. The van der Waals surface area contributed by atoms with Gasteiger partial charge >= 0.3 is 5.69 Å². The number of ether oxygens (including phenoxy) is 1. The van der Waals surface area contributed by atoms with Crippen LogP contribution in [-0.2, 0) is 20.9 Å². The minimum Gasteiger partial charge on any atom is -0.496 e. The number of carbonyl (C=O) groups is 4. The third-order valence-electron chi connectivity index (χ3n) is 8.37. The molecule has 6 rings (SSSR count). The number of ketones is 1. The number of nitrogens with zero attached hydrogens (tertiary/aromatic N) is 2. The Hall–Kier alpha value is -4.35. The van der Waals surface area contributed by atoms with Gasteiger partial charge in [-0.25, -0.2) is 4.79 Å². The number of methoxy groups -OCH3 is 1. The van der Waals surface area contributed by atoms with Gasteiger partial charge in [-0.3, -0.25) is 23.7 Å². The number of aromatic amines is 2. The van der Waals surface area contributed by atoms with Crippen LogP contribution in [0.1, 0.15) is 42.6 Å². The molecule has 3 amide bonds. The summed E-state index contributed by atoms with van der Waals surface area (Å²) >= 11 is 0. The summed E-state index contributed by atoms with van der Waals surface area (Å²) in [5, 5.41) is 6.17. The first kappa shape index (κ1) is 25.9. The van der Waals surface area contributed by atoms with Crippen LogP contribution in [0.4, 0.5) is 0 Å². The number of rotatable bonds is 9. The van der Waals surface area contributed by atoms with E-state index in [1.54, 1.807) is 18.1 Å². The van der Waals surface area contributed by atoms with Crippen molar-refractivity contribution in [2.75, 3.05) is 13.7 Å². The van der Waals surface area contributed by atoms with E-state index < -0.39 is 35.4 Å². The zero-order valence-corrected chi connectivity index (χ0v) is 22.1. The third-order valence-corrected chi connectivity index (χ3v) is 8.37. The molecule has 210 valence electrons. The quantitative estimate of drug-likeness (QED) is 0.291. The third kappa shape index (κ3) is 4.78. The number of H-pyrrole nitrogens is 2. The van der Waals surface area contributed by atoms with E-state index in [-0.39, 0.29) is 30.3 Å². The number of fused-ring (bicyclic) bond motifs is 2. The van der Waals surface area contributed by atoms with E-state index in [2.05, 4.69) is 20.6 Å². The van der Waals surface area contributed by atoms with Gasteiger partial charge in [-0.1, -0.05) is 12.5 Å². The summed E-state index contributed by atoms with van der Waals surface area (Å²) in [6.07, 6.45) is 7.12. The van der Waals surface area contributed by atoms with Crippen LogP contribution < -0.4 is 21.1 Å². The van der Waals surface area contributed by atoms with Crippen molar-refractivity contribution in [3.05, 3.63) is 52.8 Å². The molecule has 0 unspecified atom stereocenters. The number of hydrogen-bond donors (Lipinski definition) is 4. The number of imidazole rings is 1. The van der Waals surface area contributed by atoms with Gasteiger partial charge in [0.05, 0.1) is 13.7 Å². The first-order valence-corrected chi connectivity index (χ1v) is 13.7. The van der Waals surface area contributed by atoms with Gasteiger partial charge in [0.1, 0.15) is 23.5 Å².